The van der Waals surface area contributed by atoms with E-state index >= 15 is 0 Å². The molecule has 0 amide bonds. The van der Waals surface area contributed by atoms with Gasteiger partial charge in [0, 0.05) is 0 Å². The first-order valence-corrected chi connectivity index (χ1v) is 2.48. The number of rotatable bonds is 2. The summed E-state index contributed by atoms with van der Waals surface area (Å²) in [5.41, 5.74) is 0. The van der Waals surface area contributed by atoms with E-state index < -0.39 is 10.5 Å². The van der Waals surface area contributed by atoms with E-state index in [1.807, 2.05) is 0 Å². The number of carbonyl (C=O) groups is 1. The van der Waals surface area contributed by atoms with Gasteiger partial charge in [-0.1, -0.05) is 23.2 Å². The van der Waals surface area contributed by atoms with Crippen molar-refractivity contribution in [2.45, 2.75) is 4.52 Å². The van der Waals surface area contributed by atoms with Crippen molar-refractivity contribution >= 4 is 41.0 Å². The Balaban J connectivity index is 3.91. The van der Waals surface area contributed by atoms with E-state index in [-0.39, 0.29) is 0 Å². The van der Waals surface area contributed by atoms with Gasteiger partial charge in [-0.25, -0.2) is 9.08 Å². The van der Waals surface area contributed by atoms with Crippen molar-refractivity contribution in [1.82, 2.24) is 0 Å². The summed E-state index contributed by atoms with van der Waals surface area (Å²) in [7, 11) is 0. The lowest BCUT2D eigenvalue weighted by Crippen LogP contribution is -2.25. The van der Waals surface area contributed by atoms with Crippen LogP contribution in [0.4, 0.5) is 0 Å². The largest absolute Gasteiger partial charge is 0.477 e. The molecule has 0 saturated heterocycles. The van der Waals surface area contributed by atoms with Crippen molar-refractivity contribution < 1.29 is 14.2 Å². The predicted octanol–water partition coefficient (Wildman–Crippen LogP) is 1.37. The number of aliphatic carboxylic acids is 1. The van der Waals surface area contributed by atoms with Gasteiger partial charge >= 0.3 is 10.5 Å². The zero-order valence-electron chi connectivity index (χ0n) is 3.40. The van der Waals surface area contributed by atoms with Crippen LogP contribution in [0.3, 0.4) is 0 Å². The van der Waals surface area contributed by atoms with Crippen LogP contribution in [0.1, 0.15) is 0 Å². The first-order valence-electron chi connectivity index (χ1n) is 1.41. The number of halogens is 3. The summed E-state index contributed by atoms with van der Waals surface area (Å²) in [6.45, 7) is 0. The van der Waals surface area contributed by atoms with Crippen LogP contribution in [0.5, 0.6) is 0 Å². The van der Waals surface area contributed by atoms with Crippen LogP contribution in [0.15, 0.2) is 0 Å². The highest BCUT2D eigenvalue weighted by molar-refractivity contribution is 6.57. The quantitative estimate of drug-likeness (QED) is 0.651. The molecular formula is C2HCl3O3. The highest BCUT2D eigenvalue weighted by Gasteiger charge is 2.34. The molecule has 0 fully saturated rings. The van der Waals surface area contributed by atoms with E-state index in [9.17, 15) is 4.79 Å². The Labute approximate surface area is 60.3 Å². The second-order valence-electron chi connectivity index (χ2n) is 0.899. The lowest BCUT2D eigenvalue weighted by molar-refractivity contribution is -0.143. The molecule has 6 heteroatoms. The molecule has 3 nitrogen and oxygen atoms in total. The molecule has 0 heterocycles. The summed E-state index contributed by atoms with van der Waals surface area (Å²) >= 11 is 14.3. The standard InChI is InChI=1S/C2HCl3O3/c3-2(4,8-5)1(6)7/h(H,6,7). The van der Waals surface area contributed by atoms with Gasteiger partial charge in [-0.05, 0) is 0 Å². The smallest absolute Gasteiger partial charge is 0.370 e. The minimum atomic E-state index is -2.33. The molecule has 0 rings (SSSR count). The summed E-state index contributed by atoms with van der Waals surface area (Å²) in [4.78, 5) is 9.78. The van der Waals surface area contributed by atoms with Gasteiger partial charge < -0.3 is 5.11 Å². The summed E-state index contributed by atoms with van der Waals surface area (Å²) in [5.74, 6) is -1.55. The minimum Gasteiger partial charge on any atom is -0.477 e. The Bertz CT molecular complexity index is 101. The topological polar surface area (TPSA) is 46.5 Å². The Kier molecular flexibility index (Phi) is 2.83. The van der Waals surface area contributed by atoms with Crippen LogP contribution < -0.4 is 0 Å². The van der Waals surface area contributed by atoms with Gasteiger partial charge in [-0.2, -0.15) is 0 Å². The van der Waals surface area contributed by atoms with Gasteiger partial charge in [0.2, 0.25) is 0 Å². The van der Waals surface area contributed by atoms with Crippen molar-refractivity contribution in [1.29, 1.82) is 0 Å². The van der Waals surface area contributed by atoms with Crippen molar-refractivity contribution in [2.75, 3.05) is 0 Å². The Hall–Kier alpha value is 0.300. The van der Waals surface area contributed by atoms with E-state index in [4.69, 9.17) is 28.3 Å². The lowest BCUT2D eigenvalue weighted by Gasteiger charge is -2.06. The lowest BCUT2D eigenvalue weighted by atomic mass is 10.7. The SMILES string of the molecule is O=C(O)C(Cl)(Cl)OCl. The van der Waals surface area contributed by atoms with Crippen molar-refractivity contribution in [3.05, 3.63) is 0 Å². The number of hydrogen-bond donors (Lipinski definition) is 1. The van der Waals surface area contributed by atoms with Gasteiger partial charge in [0.1, 0.15) is 0 Å². The first kappa shape index (κ1) is 8.30. The second kappa shape index (κ2) is 2.73. The fourth-order valence-electron chi connectivity index (χ4n) is 0.0330. The molecule has 0 aromatic heterocycles. The summed E-state index contributed by atoms with van der Waals surface area (Å²) in [6, 6.07) is 0. The fourth-order valence-corrected chi connectivity index (χ4v) is 0.0990. The van der Waals surface area contributed by atoms with Crippen molar-refractivity contribution in [2.24, 2.45) is 0 Å². The Morgan fingerprint density at radius 2 is 2.00 bits per heavy atom. The monoisotopic (exact) mass is 178 g/mol. The minimum absolute atomic E-state index is 1.55. The summed E-state index contributed by atoms with van der Waals surface area (Å²) in [5, 5.41) is 7.97. The van der Waals surface area contributed by atoms with Crippen molar-refractivity contribution in [3.63, 3.8) is 0 Å². The molecule has 0 saturated carbocycles. The van der Waals surface area contributed by atoms with Crippen molar-refractivity contribution in [3.8, 4) is 0 Å². The Morgan fingerprint density at radius 1 is 1.62 bits per heavy atom. The average molecular weight is 179 g/mol. The molecule has 1 N–H and O–H groups in total. The van der Waals surface area contributed by atoms with Gasteiger partial charge in [0.15, 0.2) is 0 Å². The number of hydrogen-bond acceptors (Lipinski definition) is 2. The van der Waals surface area contributed by atoms with Crippen LogP contribution >= 0.6 is 35.1 Å². The number of carboxylic acids is 1. The molecule has 0 unspecified atom stereocenters. The normalized spacial score (nSPS) is 11.4. The molecule has 0 atom stereocenters. The van der Waals surface area contributed by atoms with E-state index in [1.165, 1.54) is 0 Å². The predicted molar refractivity (Wildman–Crippen MR) is 29.0 cm³/mol. The third-order valence-corrected chi connectivity index (χ3v) is 1.21. The van der Waals surface area contributed by atoms with E-state index in [0.29, 0.717) is 0 Å². The zero-order chi connectivity index (χ0) is 6.78. The van der Waals surface area contributed by atoms with Gasteiger partial charge in [0.25, 0.3) is 0 Å². The third-order valence-electron chi connectivity index (χ3n) is 0.346. The Morgan fingerprint density at radius 3 is 2.00 bits per heavy atom. The summed E-state index contributed by atoms with van der Waals surface area (Å²) in [6.07, 6.45) is 0. The number of carboxylic acid groups (broad SMARTS) is 1. The molecule has 0 radical (unpaired) electrons. The van der Waals surface area contributed by atoms with Crippen LogP contribution in [-0.4, -0.2) is 15.6 Å². The van der Waals surface area contributed by atoms with E-state index in [2.05, 4.69) is 16.2 Å². The maximum atomic E-state index is 9.78. The first-order chi connectivity index (χ1) is 3.50. The molecule has 0 aromatic rings. The van der Waals surface area contributed by atoms with Crippen LogP contribution in [0, 0.1) is 0 Å². The summed E-state index contributed by atoms with van der Waals surface area (Å²) < 4.78 is 1.27. The molecule has 0 bridgehead atoms. The molecule has 8 heavy (non-hydrogen) atoms. The molecule has 0 aromatic carbocycles. The van der Waals surface area contributed by atoms with E-state index in [0.717, 1.165) is 0 Å². The van der Waals surface area contributed by atoms with Crippen LogP contribution in [0.25, 0.3) is 0 Å². The van der Waals surface area contributed by atoms with Gasteiger partial charge in [-0.3, -0.25) is 0 Å². The molecule has 0 spiro atoms. The maximum absolute atomic E-state index is 9.78. The highest BCUT2D eigenvalue weighted by atomic mass is 35.5. The van der Waals surface area contributed by atoms with E-state index in [1.54, 1.807) is 0 Å². The van der Waals surface area contributed by atoms with Crippen LogP contribution in [-0.2, 0) is 9.08 Å². The third kappa shape index (κ3) is 2.05. The van der Waals surface area contributed by atoms with Gasteiger partial charge in [0.05, 0.1) is 11.9 Å². The highest BCUT2D eigenvalue weighted by Crippen LogP contribution is 2.23. The molecular weight excluding hydrogens is 178 g/mol. The molecule has 0 aliphatic heterocycles. The molecule has 48 valence electrons. The zero-order valence-corrected chi connectivity index (χ0v) is 5.67. The second-order valence-corrected chi connectivity index (χ2v) is 2.31. The fraction of sp³-hybridized carbons (Fsp3) is 0.500. The molecule has 0 aliphatic carbocycles. The maximum Gasteiger partial charge on any atom is 0.370 e. The van der Waals surface area contributed by atoms with Crippen LogP contribution in [0.2, 0.25) is 0 Å². The number of alkyl halides is 2. The molecule has 0 aliphatic rings. The van der Waals surface area contributed by atoms with Gasteiger partial charge in [-0.15, -0.1) is 0 Å². The average Bonchev–Trinajstić information content (AvgIpc) is 1.67.